The second-order valence-corrected chi connectivity index (χ2v) is 4.19. The summed E-state index contributed by atoms with van der Waals surface area (Å²) in [6, 6.07) is 8.77. The van der Waals surface area contributed by atoms with Crippen LogP contribution in [0, 0.1) is 12.3 Å². The minimum absolute atomic E-state index is 0.498. The highest BCUT2D eigenvalue weighted by Crippen LogP contribution is 2.13. The Balaban J connectivity index is 2.37. The van der Waals surface area contributed by atoms with Crippen molar-refractivity contribution in [2.45, 2.75) is 32.2 Å². The first-order valence-electron chi connectivity index (χ1n) is 6.08. The van der Waals surface area contributed by atoms with E-state index in [4.69, 9.17) is 11.2 Å². The van der Waals surface area contributed by atoms with Crippen molar-refractivity contribution in [2.75, 3.05) is 13.7 Å². The second-order valence-electron chi connectivity index (χ2n) is 4.19. The van der Waals surface area contributed by atoms with E-state index < -0.39 is 0 Å². The molecule has 0 amide bonds. The lowest BCUT2D eigenvalue weighted by atomic mass is 10.1. The van der Waals surface area contributed by atoms with Crippen molar-refractivity contribution in [3.63, 3.8) is 0 Å². The van der Waals surface area contributed by atoms with Crippen molar-refractivity contribution in [2.24, 2.45) is 0 Å². The third-order valence-electron chi connectivity index (χ3n) is 2.69. The van der Waals surface area contributed by atoms with E-state index in [0.29, 0.717) is 12.6 Å². The van der Waals surface area contributed by atoms with Crippen molar-refractivity contribution < 1.29 is 4.74 Å². The van der Waals surface area contributed by atoms with Crippen molar-refractivity contribution in [1.29, 1.82) is 0 Å². The van der Waals surface area contributed by atoms with Crippen molar-refractivity contribution in [3.05, 3.63) is 29.8 Å². The maximum absolute atomic E-state index is 5.58. The molecule has 0 aromatic heterocycles. The van der Waals surface area contributed by atoms with Crippen LogP contribution < -0.4 is 10.1 Å². The topological polar surface area (TPSA) is 21.3 Å². The Morgan fingerprint density at radius 1 is 1.35 bits per heavy atom. The summed E-state index contributed by atoms with van der Waals surface area (Å²) in [6.45, 7) is 2.86. The number of terminal acetylenes is 1. The standard InChI is InChI=1S/C15H21NO/c1-4-5-6-11-17-15-9-7-14(8-10-15)12-13(2)16-3/h1,7-10,13,16H,5-6,11-12H2,2-3H3. The molecule has 2 heteroatoms. The summed E-state index contributed by atoms with van der Waals surface area (Å²) < 4.78 is 5.58. The minimum atomic E-state index is 0.498. The molecular weight excluding hydrogens is 210 g/mol. The van der Waals surface area contributed by atoms with Gasteiger partial charge in [-0.2, -0.15) is 0 Å². The van der Waals surface area contributed by atoms with Crippen molar-refractivity contribution in [3.8, 4) is 18.1 Å². The van der Waals surface area contributed by atoms with Crippen molar-refractivity contribution >= 4 is 0 Å². The van der Waals surface area contributed by atoms with Gasteiger partial charge in [-0.15, -0.1) is 12.3 Å². The van der Waals surface area contributed by atoms with Crippen LogP contribution in [0.3, 0.4) is 0 Å². The van der Waals surface area contributed by atoms with Gasteiger partial charge in [0, 0.05) is 12.5 Å². The average molecular weight is 231 g/mol. The zero-order valence-corrected chi connectivity index (χ0v) is 10.7. The number of benzene rings is 1. The van der Waals surface area contributed by atoms with Gasteiger partial charge in [0.2, 0.25) is 0 Å². The molecule has 0 aliphatic carbocycles. The number of ether oxygens (including phenoxy) is 1. The quantitative estimate of drug-likeness (QED) is 0.575. The van der Waals surface area contributed by atoms with Gasteiger partial charge in [0.05, 0.1) is 6.61 Å². The minimum Gasteiger partial charge on any atom is -0.494 e. The molecule has 0 bridgehead atoms. The third kappa shape index (κ3) is 5.42. The highest BCUT2D eigenvalue weighted by Gasteiger charge is 2.00. The molecule has 1 rings (SSSR count). The lowest BCUT2D eigenvalue weighted by molar-refractivity contribution is 0.313. The molecule has 0 spiro atoms. The highest BCUT2D eigenvalue weighted by atomic mass is 16.5. The van der Waals surface area contributed by atoms with Crippen LogP contribution in [0.25, 0.3) is 0 Å². The molecule has 0 saturated carbocycles. The Morgan fingerprint density at radius 2 is 2.06 bits per heavy atom. The molecule has 0 fully saturated rings. The molecule has 0 saturated heterocycles. The predicted molar refractivity (Wildman–Crippen MR) is 72.2 cm³/mol. The summed E-state index contributed by atoms with van der Waals surface area (Å²) in [6.07, 6.45) is 7.90. The summed E-state index contributed by atoms with van der Waals surface area (Å²) in [5.74, 6) is 3.52. The van der Waals surface area contributed by atoms with Crippen molar-refractivity contribution in [1.82, 2.24) is 5.32 Å². The van der Waals surface area contributed by atoms with Gasteiger partial charge in [-0.3, -0.25) is 0 Å². The van der Waals surface area contributed by atoms with Gasteiger partial charge < -0.3 is 10.1 Å². The summed E-state index contributed by atoms with van der Waals surface area (Å²) in [5.41, 5.74) is 1.32. The van der Waals surface area contributed by atoms with Crippen LogP contribution in [0.2, 0.25) is 0 Å². The van der Waals surface area contributed by atoms with E-state index in [-0.39, 0.29) is 0 Å². The molecule has 0 heterocycles. The summed E-state index contributed by atoms with van der Waals surface area (Å²) in [5, 5.41) is 3.23. The van der Waals surface area contributed by atoms with E-state index in [1.807, 2.05) is 19.2 Å². The zero-order chi connectivity index (χ0) is 12.5. The SMILES string of the molecule is C#CCCCOc1ccc(CC(C)NC)cc1. The van der Waals surface area contributed by atoms with Crippen LogP contribution >= 0.6 is 0 Å². The summed E-state index contributed by atoms with van der Waals surface area (Å²) >= 11 is 0. The molecular formula is C15H21NO. The number of nitrogens with one attached hydrogen (secondary N) is 1. The van der Waals surface area contributed by atoms with Gasteiger partial charge in [0.25, 0.3) is 0 Å². The van der Waals surface area contributed by atoms with E-state index in [1.165, 1.54) is 5.56 Å². The number of hydrogen-bond donors (Lipinski definition) is 1. The first-order valence-corrected chi connectivity index (χ1v) is 6.08. The van der Waals surface area contributed by atoms with E-state index in [0.717, 1.165) is 25.0 Å². The fourth-order valence-corrected chi connectivity index (χ4v) is 1.54. The van der Waals surface area contributed by atoms with E-state index in [1.54, 1.807) is 0 Å². The van der Waals surface area contributed by atoms with Gasteiger partial charge in [-0.05, 0) is 44.5 Å². The van der Waals surface area contributed by atoms with Gasteiger partial charge in [-0.1, -0.05) is 12.1 Å². The maximum Gasteiger partial charge on any atom is 0.119 e. The fraction of sp³-hybridized carbons (Fsp3) is 0.467. The molecule has 92 valence electrons. The second kappa shape index (κ2) is 7.76. The molecule has 1 unspecified atom stereocenters. The molecule has 0 aliphatic rings. The number of rotatable bonds is 7. The molecule has 0 radical (unpaired) electrons. The Morgan fingerprint density at radius 3 is 2.65 bits per heavy atom. The monoisotopic (exact) mass is 231 g/mol. The van der Waals surface area contributed by atoms with Crippen LogP contribution in [0.5, 0.6) is 5.75 Å². The average Bonchev–Trinajstić information content (AvgIpc) is 2.36. The lowest BCUT2D eigenvalue weighted by Gasteiger charge is -2.10. The van der Waals surface area contributed by atoms with Crippen LogP contribution in [0.15, 0.2) is 24.3 Å². The fourth-order valence-electron chi connectivity index (χ4n) is 1.54. The predicted octanol–water partition coefficient (Wildman–Crippen LogP) is 2.63. The number of likely N-dealkylation sites (N-methyl/N-ethyl adjacent to an activating group) is 1. The first-order chi connectivity index (χ1) is 8.26. The van der Waals surface area contributed by atoms with Gasteiger partial charge in [0.1, 0.15) is 5.75 Å². The maximum atomic E-state index is 5.58. The Labute approximate surface area is 104 Å². The third-order valence-corrected chi connectivity index (χ3v) is 2.69. The molecule has 1 aromatic carbocycles. The Bertz CT molecular complexity index is 350. The summed E-state index contributed by atoms with van der Waals surface area (Å²) in [7, 11) is 1.98. The highest BCUT2D eigenvalue weighted by molar-refractivity contribution is 5.27. The summed E-state index contributed by atoms with van der Waals surface area (Å²) in [4.78, 5) is 0. The Kier molecular flexibility index (Phi) is 6.21. The molecule has 1 N–H and O–H groups in total. The van der Waals surface area contributed by atoms with Crippen LogP contribution in [-0.4, -0.2) is 19.7 Å². The van der Waals surface area contributed by atoms with Gasteiger partial charge >= 0.3 is 0 Å². The van der Waals surface area contributed by atoms with Gasteiger partial charge in [0.15, 0.2) is 0 Å². The van der Waals surface area contributed by atoms with E-state index in [9.17, 15) is 0 Å². The largest absolute Gasteiger partial charge is 0.494 e. The van der Waals surface area contributed by atoms with Crippen LogP contribution in [0.4, 0.5) is 0 Å². The molecule has 17 heavy (non-hydrogen) atoms. The number of hydrogen-bond acceptors (Lipinski definition) is 2. The zero-order valence-electron chi connectivity index (χ0n) is 10.7. The van der Waals surface area contributed by atoms with E-state index >= 15 is 0 Å². The molecule has 1 aromatic rings. The van der Waals surface area contributed by atoms with Gasteiger partial charge in [-0.25, -0.2) is 0 Å². The lowest BCUT2D eigenvalue weighted by Crippen LogP contribution is -2.23. The first kappa shape index (κ1) is 13.6. The molecule has 2 nitrogen and oxygen atoms in total. The Hall–Kier alpha value is -1.46. The van der Waals surface area contributed by atoms with Crippen LogP contribution in [-0.2, 0) is 6.42 Å². The number of unbranched alkanes of at least 4 members (excludes halogenated alkanes) is 1. The smallest absolute Gasteiger partial charge is 0.119 e. The molecule has 0 aliphatic heterocycles. The van der Waals surface area contributed by atoms with E-state index in [2.05, 4.69) is 30.3 Å². The molecule has 1 atom stereocenters. The normalized spacial score (nSPS) is 11.8. The van der Waals surface area contributed by atoms with Crippen LogP contribution in [0.1, 0.15) is 25.3 Å².